The lowest BCUT2D eigenvalue weighted by atomic mass is 10.1. The largest absolute Gasteiger partial charge is 0.328 e. The van der Waals surface area contributed by atoms with Crippen LogP contribution in [0.2, 0.25) is 0 Å². The highest BCUT2D eigenvalue weighted by molar-refractivity contribution is 8.01. The number of carbonyl (C=O) groups excluding carboxylic acids is 2. The van der Waals surface area contributed by atoms with Crippen LogP contribution in [0, 0.1) is 5.82 Å². The summed E-state index contributed by atoms with van der Waals surface area (Å²) in [6.07, 6.45) is 0.283. The van der Waals surface area contributed by atoms with Gasteiger partial charge in [0.05, 0.1) is 11.7 Å². The Morgan fingerprint density at radius 1 is 1.32 bits per heavy atom. The fourth-order valence-corrected chi connectivity index (χ4v) is 4.25. The molecule has 1 aliphatic rings. The van der Waals surface area contributed by atoms with Crippen LogP contribution in [0.1, 0.15) is 6.42 Å². The number of imide groups is 1. The summed E-state index contributed by atoms with van der Waals surface area (Å²) in [5.74, 6) is -0.0133. The van der Waals surface area contributed by atoms with Gasteiger partial charge in [0.2, 0.25) is 11.0 Å². The highest BCUT2D eigenvalue weighted by Crippen LogP contribution is 2.30. The number of anilines is 2. The number of nitrogens with zero attached hydrogens (tertiary/aromatic N) is 4. The minimum atomic E-state index is -0.364. The van der Waals surface area contributed by atoms with Gasteiger partial charge in [0.15, 0.2) is 4.34 Å². The third-order valence-electron chi connectivity index (χ3n) is 3.84. The summed E-state index contributed by atoms with van der Waals surface area (Å²) >= 11 is 2.71. The molecule has 1 N–H and O–H groups in total. The molecule has 25 heavy (non-hydrogen) atoms. The van der Waals surface area contributed by atoms with Crippen LogP contribution in [0.3, 0.4) is 0 Å². The number of para-hydroxylation sites is 1. The number of rotatable bonds is 5. The maximum Gasteiger partial charge on any atom is 0.326 e. The highest BCUT2D eigenvalue weighted by Gasteiger charge is 2.34. The quantitative estimate of drug-likeness (QED) is 0.803. The van der Waals surface area contributed by atoms with Crippen molar-refractivity contribution >= 4 is 45.9 Å². The van der Waals surface area contributed by atoms with E-state index in [2.05, 4.69) is 15.5 Å². The number of aromatic nitrogens is 2. The molecule has 1 aromatic carbocycles. The van der Waals surface area contributed by atoms with Crippen LogP contribution in [0.4, 0.5) is 20.0 Å². The molecule has 2 aromatic rings. The molecule has 0 spiro atoms. The average Bonchev–Trinajstić information content (AvgIpc) is 3.04. The van der Waals surface area contributed by atoms with Gasteiger partial charge in [-0.1, -0.05) is 35.2 Å². The summed E-state index contributed by atoms with van der Waals surface area (Å²) in [5.41, 5.74) is 0.335. The minimum absolute atomic E-state index is 0.187. The van der Waals surface area contributed by atoms with E-state index >= 15 is 0 Å². The molecule has 2 heterocycles. The van der Waals surface area contributed by atoms with Gasteiger partial charge in [0, 0.05) is 26.3 Å². The molecule has 1 fully saturated rings. The number of hydrogen-bond donors (Lipinski definition) is 1. The molecular weight excluding hydrogens is 365 g/mol. The van der Waals surface area contributed by atoms with Crippen molar-refractivity contribution in [3.8, 4) is 0 Å². The molecule has 1 atom stereocenters. The summed E-state index contributed by atoms with van der Waals surface area (Å²) in [4.78, 5) is 26.4. The Morgan fingerprint density at radius 2 is 2.08 bits per heavy atom. The third kappa shape index (κ3) is 3.90. The molecule has 7 nitrogen and oxygen atoms in total. The van der Waals surface area contributed by atoms with Gasteiger partial charge < -0.3 is 10.2 Å². The predicted octanol–water partition coefficient (Wildman–Crippen LogP) is 2.80. The van der Waals surface area contributed by atoms with Crippen molar-refractivity contribution in [2.24, 2.45) is 0 Å². The normalized spacial score (nSPS) is 18.0. The number of benzene rings is 1. The number of halogens is 1. The second kappa shape index (κ2) is 7.36. The number of carbonyl (C=O) groups is 2. The second-order valence-corrected chi connectivity index (χ2v) is 7.74. The summed E-state index contributed by atoms with van der Waals surface area (Å²) < 4.78 is 14.3. The minimum Gasteiger partial charge on any atom is -0.328 e. The van der Waals surface area contributed by atoms with E-state index in [-0.39, 0.29) is 30.2 Å². The Balaban J connectivity index is 1.60. The van der Waals surface area contributed by atoms with Crippen molar-refractivity contribution in [3.63, 3.8) is 0 Å². The van der Waals surface area contributed by atoms with E-state index in [1.165, 1.54) is 36.2 Å². The van der Waals surface area contributed by atoms with Gasteiger partial charge in [-0.25, -0.2) is 9.18 Å². The van der Waals surface area contributed by atoms with Crippen molar-refractivity contribution in [2.45, 2.75) is 16.8 Å². The summed E-state index contributed by atoms with van der Waals surface area (Å²) in [6.45, 7) is 0. The van der Waals surface area contributed by atoms with Crippen LogP contribution in [-0.4, -0.2) is 57.8 Å². The number of amides is 3. The van der Waals surface area contributed by atoms with E-state index in [0.717, 1.165) is 4.90 Å². The smallest absolute Gasteiger partial charge is 0.326 e. The molecule has 3 rings (SSSR count). The van der Waals surface area contributed by atoms with Gasteiger partial charge in [-0.3, -0.25) is 9.69 Å². The van der Waals surface area contributed by atoms with Crippen molar-refractivity contribution in [1.29, 1.82) is 0 Å². The van der Waals surface area contributed by atoms with Gasteiger partial charge >= 0.3 is 6.03 Å². The van der Waals surface area contributed by atoms with E-state index in [9.17, 15) is 14.0 Å². The maximum atomic E-state index is 13.6. The lowest BCUT2D eigenvalue weighted by Gasteiger charge is -2.35. The van der Waals surface area contributed by atoms with Crippen LogP contribution in [0.15, 0.2) is 28.6 Å². The summed E-state index contributed by atoms with van der Waals surface area (Å²) in [7, 11) is 3.16. The molecule has 3 amide bonds. The molecule has 1 saturated heterocycles. The zero-order valence-electron chi connectivity index (χ0n) is 13.6. The second-order valence-electron chi connectivity index (χ2n) is 5.49. The fourth-order valence-electron chi connectivity index (χ4n) is 2.31. The molecule has 1 aromatic heterocycles. The Bertz CT molecular complexity index is 800. The Labute approximate surface area is 152 Å². The SMILES string of the molecule is CN1C(=O)CC(CSc2nnc(Nc3ccccc3F)s2)N(C)C1=O. The van der Waals surface area contributed by atoms with Gasteiger partial charge in [0.25, 0.3) is 0 Å². The number of urea groups is 1. The van der Waals surface area contributed by atoms with Crippen molar-refractivity contribution in [2.75, 3.05) is 25.2 Å². The topological polar surface area (TPSA) is 78.4 Å². The van der Waals surface area contributed by atoms with Crippen molar-refractivity contribution < 1.29 is 14.0 Å². The lowest BCUT2D eigenvalue weighted by Crippen LogP contribution is -2.54. The maximum absolute atomic E-state index is 13.6. The highest BCUT2D eigenvalue weighted by atomic mass is 32.2. The van der Waals surface area contributed by atoms with E-state index in [0.29, 0.717) is 20.9 Å². The molecule has 0 saturated carbocycles. The van der Waals surface area contributed by atoms with Crippen LogP contribution < -0.4 is 5.32 Å². The van der Waals surface area contributed by atoms with Gasteiger partial charge in [-0.15, -0.1) is 10.2 Å². The van der Waals surface area contributed by atoms with Crippen molar-refractivity contribution in [1.82, 2.24) is 20.0 Å². The molecule has 132 valence electrons. The average molecular weight is 381 g/mol. The molecule has 0 bridgehead atoms. The van der Waals surface area contributed by atoms with Crippen LogP contribution >= 0.6 is 23.1 Å². The van der Waals surface area contributed by atoms with E-state index in [4.69, 9.17) is 0 Å². The summed E-state index contributed by atoms with van der Waals surface area (Å²) in [5, 5.41) is 11.4. The van der Waals surface area contributed by atoms with Crippen LogP contribution in [0.5, 0.6) is 0 Å². The third-order valence-corrected chi connectivity index (χ3v) is 5.96. The number of thioether (sulfide) groups is 1. The summed E-state index contributed by atoms with van der Waals surface area (Å²) in [6, 6.07) is 5.83. The number of nitrogens with one attached hydrogen (secondary N) is 1. The number of hydrogen-bond acceptors (Lipinski definition) is 7. The Kier molecular flexibility index (Phi) is 5.19. The first-order valence-electron chi connectivity index (χ1n) is 7.47. The van der Waals surface area contributed by atoms with Gasteiger partial charge in [-0.05, 0) is 12.1 Å². The molecular formula is C15H16FN5O2S2. The molecule has 1 unspecified atom stereocenters. The first-order valence-corrected chi connectivity index (χ1v) is 9.27. The van der Waals surface area contributed by atoms with E-state index in [1.807, 2.05) is 0 Å². The van der Waals surface area contributed by atoms with Gasteiger partial charge in [0.1, 0.15) is 5.82 Å². The Hall–Kier alpha value is -2.20. The first kappa shape index (κ1) is 17.6. The van der Waals surface area contributed by atoms with Crippen LogP contribution in [0.25, 0.3) is 0 Å². The predicted molar refractivity (Wildman–Crippen MR) is 94.6 cm³/mol. The molecule has 1 aliphatic heterocycles. The van der Waals surface area contributed by atoms with Crippen molar-refractivity contribution in [3.05, 3.63) is 30.1 Å². The standard InChI is InChI=1S/C15H16FN5O2S2/c1-20-9(7-12(22)21(2)15(20)23)8-24-14-19-18-13(25-14)17-11-6-4-3-5-10(11)16/h3-6,9H,7-8H2,1-2H3,(H,17,18). The van der Waals surface area contributed by atoms with Gasteiger partial charge in [-0.2, -0.15) is 0 Å². The molecule has 0 aliphatic carbocycles. The monoisotopic (exact) mass is 381 g/mol. The van der Waals surface area contributed by atoms with Crippen LogP contribution in [-0.2, 0) is 4.79 Å². The zero-order chi connectivity index (χ0) is 18.0. The molecule has 0 radical (unpaired) electrons. The first-order chi connectivity index (χ1) is 12.0. The lowest BCUT2D eigenvalue weighted by molar-refractivity contribution is -0.130. The van der Waals surface area contributed by atoms with E-state index < -0.39 is 0 Å². The molecule has 10 heteroatoms. The zero-order valence-corrected chi connectivity index (χ0v) is 15.2. The Morgan fingerprint density at radius 3 is 2.84 bits per heavy atom. The van der Waals surface area contributed by atoms with E-state index in [1.54, 1.807) is 30.1 Å². The fraction of sp³-hybridized carbons (Fsp3) is 0.333.